The minimum atomic E-state index is -0.442. The van der Waals surface area contributed by atoms with Crippen molar-refractivity contribution in [2.24, 2.45) is 0 Å². The van der Waals surface area contributed by atoms with Gasteiger partial charge in [-0.2, -0.15) is 4.98 Å². The maximum atomic E-state index is 13.3. The molecular weight excluding hydrogens is 253 g/mol. The highest BCUT2D eigenvalue weighted by Crippen LogP contribution is 2.29. The van der Waals surface area contributed by atoms with Crippen LogP contribution in [-0.4, -0.2) is 10.1 Å². The molecule has 0 amide bonds. The minimum Gasteiger partial charge on any atom is -0.365 e. The number of anilines is 1. The molecule has 2 N–H and O–H groups in total. The molecule has 0 bridgehead atoms. The smallest absolute Gasteiger partial charge is 0.263 e. The summed E-state index contributed by atoms with van der Waals surface area (Å²) in [6, 6.07) is 4.56. The Morgan fingerprint density at radius 2 is 2.21 bits per heavy atom. The molecule has 4 nitrogen and oxygen atoms in total. The van der Waals surface area contributed by atoms with Crippen molar-refractivity contribution in [3.63, 3.8) is 0 Å². The summed E-state index contributed by atoms with van der Waals surface area (Å²) in [4.78, 5) is 3.73. The van der Waals surface area contributed by atoms with Gasteiger partial charge in [0.05, 0.1) is 5.56 Å². The molecule has 0 aliphatic rings. The van der Waals surface area contributed by atoms with E-state index in [0.717, 1.165) is 0 Å². The van der Waals surface area contributed by atoms with Gasteiger partial charge < -0.3 is 10.3 Å². The fourth-order valence-corrected chi connectivity index (χ4v) is 1.55. The summed E-state index contributed by atoms with van der Waals surface area (Å²) in [5.41, 5.74) is 5.48. The summed E-state index contributed by atoms with van der Waals surface area (Å²) in [5.74, 6) is -0.398. The van der Waals surface area contributed by atoms with Crippen molar-refractivity contribution in [2.75, 3.05) is 5.73 Å². The van der Waals surface area contributed by atoms with E-state index in [9.17, 15) is 4.39 Å². The van der Waals surface area contributed by atoms with Gasteiger partial charge in [0.25, 0.3) is 11.8 Å². The number of halogens is 2. The van der Waals surface area contributed by atoms with Crippen molar-refractivity contribution in [1.82, 2.24) is 10.1 Å². The van der Waals surface area contributed by atoms with Crippen molar-refractivity contribution in [3.8, 4) is 11.5 Å². The Morgan fingerprint density at radius 3 is 2.79 bits per heavy atom. The van der Waals surface area contributed by atoms with Gasteiger partial charge in [0, 0.05) is 4.47 Å². The third kappa shape index (κ3) is 1.48. The Morgan fingerprint density at radius 1 is 1.43 bits per heavy atom. The number of hydrogen-bond donors (Lipinski definition) is 1. The molecule has 6 heteroatoms. The zero-order valence-corrected chi connectivity index (χ0v) is 8.45. The van der Waals surface area contributed by atoms with Gasteiger partial charge >= 0.3 is 0 Å². The standard InChI is InChI=1S/C8H5BrFN3O/c9-4-2-1-3-5(10)6(4)7-12-8(11)13-14-7/h1-3H,(H2,11,13). The maximum Gasteiger partial charge on any atom is 0.263 e. The molecule has 0 unspecified atom stereocenters. The van der Waals surface area contributed by atoms with Crippen molar-refractivity contribution in [2.45, 2.75) is 0 Å². The number of aromatic nitrogens is 2. The molecule has 72 valence electrons. The third-order valence-electron chi connectivity index (χ3n) is 1.62. The molecule has 14 heavy (non-hydrogen) atoms. The van der Waals surface area contributed by atoms with E-state index in [1.54, 1.807) is 12.1 Å². The Kier molecular flexibility index (Phi) is 2.20. The summed E-state index contributed by atoms with van der Waals surface area (Å²) in [6.07, 6.45) is 0. The highest BCUT2D eigenvalue weighted by Gasteiger charge is 2.15. The second-order valence-corrected chi connectivity index (χ2v) is 3.41. The van der Waals surface area contributed by atoms with Crippen molar-refractivity contribution in [3.05, 3.63) is 28.5 Å². The van der Waals surface area contributed by atoms with Gasteiger partial charge in [-0.3, -0.25) is 0 Å². The quantitative estimate of drug-likeness (QED) is 0.851. The normalized spacial score (nSPS) is 10.4. The summed E-state index contributed by atoms with van der Waals surface area (Å²) in [7, 11) is 0. The third-order valence-corrected chi connectivity index (χ3v) is 2.28. The topological polar surface area (TPSA) is 64.9 Å². The lowest BCUT2D eigenvalue weighted by Crippen LogP contribution is -1.88. The van der Waals surface area contributed by atoms with Crippen LogP contribution in [0.15, 0.2) is 27.2 Å². The first kappa shape index (κ1) is 9.14. The largest absolute Gasteiger partial charge is 0.365 e. The Balaban J connectivity index is 2.61. The minimum absolute atomic E-state index is 0.0184. The van der Waals surface area contributed by atoms with Gasteiger partial charge in [-0.15, -0.1) is 0 Å². The molecule has 0 radical (unpaired) electrons. The van der Waals surface area contributed by atoms with Gasteiger partial charge in [-0.1, -0.05) is 6.07 Å². The van der Waals surface area contributed by atoms with Crippen LogP contribution in [0.25, 0.3) is 11.5 Å². The number of nitrogen functional groups attached to an aromatic ring is 1. The average molecular weight is 258 g/mol. The summed E-state index contributed by atoms with van der Waals surface area (Å²) < 4.78 is 18.6. The maximum absolute atomic E-state index is 13.3. The van der Waals surface area contributed by atoms with Crippen molar-refractivity contribution in [1.29, 1.82) is 0 Å². The van der Waals surface area contributed by atoms with E-state index in [2.05, 4.69) is 26.1 Å². The molecule has 0 saturated heterocycles. The van der Waals surface area contributed by atoms with E-state index < -0.39 is 5.82 Å². The van der Waals surface area contributed by atoms with Gasteiger partial charge in [-0.25, -0.2) is 4.39 Å². The molecule has 1 aromatic carbocycles. The van der Waals surface area contributed by atoms with Gasteiger partial charge in [0.15, 0.2) is 0 Å². The van der Waals surface area contributed by atoms with Crippen LogP contribution in [0, 0.1) is 5.82 Å². The monoisotopic (exact) mass is 257 g/mol. The summed E-state index contributed by atoms with van der Waals surface area (Å²) in [6.45, 7) is 0. The van der Waals surface area contributed by atoms with Gasteiger partial charge in [0.1, 0.15) is 5.82 Å². The lowest BCUT2D eigenvalue weighted by atomic mass is 10.2. The molecule has 2 aromatic rings. The van der Waals surface area contributed by atoms with Gasteiger partial charge in [-0.05, 0) is 33.2 Å². The lowest BCUT2D eigenvalue weighted by molar-refractivity contribution is 0.430. The van der Waals surface area contributed by atoms with E-state index in [4.69, 9.17) is 10.3 Å². The molecule has 0 spiro atoms. The first-order chi connectivity index (χ1) is 6.68. The van der Waals surface area contributed by atoms with Crippen molar-refractivity contribution < 1.29 is 8.91 Å². The first-order valence-corrected chi connectivity index (χ1v) is 4.51. The Bertz CT molecular complexity index is 451. The zero-order chi connectivity index (χ0) is 10.1. The molecule has 0 aliphatic carbocycles. The van der Waals surface area contributed by atoms with E-state index in [-0.39, 0.29) is 17.4 Å². The van der Waals surface area contributed by atoms with Crippen LogP contribution < -0.4 is 5.73 Å². The van der Waals surface area contributed by atoms with E-state index in [1.807, 2.05) is 0 Å². The Labute approximate surface area is 87.0 Å². The number of nitrogens with zero attached hydrogens (tertiary/aromatic N) is 2. The number of rotatable bonds is 1. The number of benzene rings is 1. The summed E-state index contributed by atoms with van der Waals surface area (Å²) >= 11 is 3.18. The molecule has 0 saturated carbocycles. The van der Waals surface area contributed by atoms with E-state index >= 15 is 0 Å². The highest BCUT2D eigenvalue weighted by atomic mass is 79.9. The van der Waals surface area contributed by atoms with Crippen LogP contribution in [0.4, 0.5) is 10.3 Å². The van der Waals surface area contributed by atoms with Crippen LogP contribution in [0.3, 0.4) is 0 Å². The van der Waals surface area contributed by atoms with Crippen LogP contribution in [-0.2, 0) is 0 Å². The molecule has 2 rings (SSSR count). The van der Waals surface area contributed by atoms with E-state index in [0.29, 0.717) is 4.47 Å². The molecule has 0 fully saturated rings. The lowest BCUT2D eigenvalue weighted by Gasteiger charge is -1.98. The molecule has 0 atom stereocenters. The van der Waals surface area contributed by atoms with Crippen LogP contribution >= 0.6 is 15.9 Å². The molecule has 1 heterocycles. The van der Waals surface area contributed by atoms with Crippen LogP contribution in [0.5, 0.6) is 0 Å². The number of hydrogen-bond acceptors (Lipinski definition) is 4. The van der Waals surface area contributed by atoms with E-state index in [1.165, 1.54) is 6.07 Å². The predicted molar refractivity (Wildman–Crippen MR) is 51.8 cm³/mol. The van der Waals surface area contributed by atoms with Crippen LogP contribution in [0.1, 0.15) is 0 Å². The molecule has 0 aliphatic heterocycles. The second kappa shape index (κ2) is 3.38. The van der Waals surface area contributed by atoms with Crippen LogP contribution in [0.2, 0.25) is 0 Å². The fourth-order valence-electron chi connectivity index (χ4n) is 1.04. The van der Waals surface area contributed by atoms with Crippen molar-refractivity contribution >= 4 is 21.9 Å². The SMILES string of the molecule is Nc1noc(-c2c(F)cccc2Br)n1. The fraction of sp³-hybridized carbons (Fsp3) is 0. The predicted octanol–water partition coefficient (Wildman–Crippen LogP) is 2.22. The zero-order valence-electron chi connectivity index (χ0n) is 6.87. The first-order valence-electron chi connectivity index (χ1n) is 3.72. The average Bonchev–Trinajstić information content (AvgIpc) is 2.51. The Hall–Kier alpha value is -1.43. The van der Waals surface area contributed by atoms with Gasteiger partial charge in [0.2, 0.25) is 0 Å². The number of nitrogens with two attached hydrogens (primary N) is 1. The molecular formula is C8H5BrFN3O. The summed E-state index contributed by atoms with van der Waals surface area (Å²) in [5, 5.41) is 3.38. The highest BCUT2D eigenvalue weighted by molar-refractivity contribution is 9.10. The molecule has 1 aromatic heterocycles. The second-order valence-electron chi connectivity index (χ2n) is 2.55.